The zero-order chi connectivity index (χ0) is 29.2. The molecular formula is C32H31F3N2O4. The van der Waals surface area contributed by atoms with Gasteiger partial charge >= 0.3 is 12.2 Å². The Kier molecular flexibility index (Phi) is 7.87. The highest BCUT2D eigenvalue weighted by Gasteiger charge is 2.63. The number of methoxy groups -OCH3 is 2. The molecule has 3 aromatic rings. The Balaban J connectivity index is 1.51. The lowest BCUT2D eigenvalue weighted by Crippen LogP contribution is -2.62. The van der Waals surface area contributed by atoms with Crippen molar-refractivity contribution >= 4 is 11.7 Å². The normalized spacial score (nSPS) is 18.4. The van der Waals surface area contributed by atoms with E-state index in [0.717, 1.165) is 34.6 Å². The number of hydrogen-bond donors (Lipinski definition) is 0. The van der Waals surface area contributed by atoms with Crippen molar-refractivity contribution in [2.24, 2.45) is 5.92 Å². The first-order valence-electron chi connectivity index (χ1n) is 13.3. The van der Waals surface area contributed by atoms with Crippen LogP contribution in [0.1, 0.15) is 35.1 Å². The summed E-state index contributed by atoms with van der Waals surface area (Å²) in [5.41, 5.74) is -0.373. The highest BCUT2D eigenvalue weighted by molar-refractivity contribution is 5.97. The van der Waals surface area contributed by atoms with E-state index in [1.54, 1.807) is 50.6 Å². The molecule has 1 aliphatic carbocycles. The third-order valence-corrected chi connectivity index (χ3v) is 7.40. The predicted octanol–water partition coefficient (Wildman–Crippen LogP) is 6.66. The molecule has 1 saturated carbocycles. The summed E-state index contributed by atoms with van der Waals surface area (Å²) in [6, 6.07) is 18.4. The Morgan fingerprint density at radius 1 is 0.878 bits per heavy atom. The van der Waals surface area contributed by atoms with E-state index in [1.165, 1.54) is 18.0 Å². The predicted molar refractivity (Wildman–Crippen MR) is 148 cm³/mol. The molecule has 0 N–H and O–H groups in total. The third kappa shape index (κ3) is 5.70. The summed E-state index contributed by atoms with van der Waals surface area (Å²) in [6.07, 6.45) is -3.30. The van der Waals surface area contributed by atoms with Crippen LogP contribution in [0.2, 0.25) is 0 Å². The highest BCUT2D eigenvalue weighted by atomic mass is 19.4. The van der Waals surface area contributed by atoms with Gasteiger partial charge in [0.1, 0.15) is 11.5 Å². The number of hydrogen-bond acceptors (Lipinski definition) is 4. The number of anilines is 1. The van der Waals surface area contributed by atoms with E-state index in [-0.39, 0.29) is 30.3 Å². The molecule has 1 atom stereocenters. The minimum atomic E-state index is -4.83. The second kappa shape index (κ2) is 11.4. The molecule has 0 bridgehead atoms. The van der Waals surface area contributed by atoms with E-state index in [9.17, 15) is 18.0 Å². The van der Waals surface area contributed by atoms with E-state index in [2.05, 4.69) is 11.8 Å². The van der Waals surface area contributed by atoms with Gasteiger partial charge in [0.25, 0.3) is 0 Å². The SMILES string of the molecule is COc1ccc(COCc2ccc3c(c2)N(Cc2ccc(OC)cc2)C(=O)N(C)[C@]3(C#CC2CC2)C(F)(F)F)cc1. The van der Waals surface area contributed by atoms with Gasteiger partial charge in [0.05, 0.1) is 39.7 Å². The van der Waals surface area contributed by atoms with E-state index in [0.29, 0.717) is 17.9 Å². The summed E-state index contributed by atoms with van der Waals surface area (Å²) in [6.45, 7) is 0.518. The summed E-state index contributed by atoms with van der Waals surface area (Å²) in [7, 11) is 4.31. The molecule has 3 aromatic carbocycles. The maximum atomic E-state index is 15.0. The maximum Gasteiger partial charge on any atom is 0.427 e. The van der Waals surface area contributed by atoms with Crippen LogP contribution in [0.3, 0.4) is 0 Å². The van der Waals surface area contributed by atoms with Crippen molar-refractivity contribution < 1.29 is 32.2 Å². The molecular weight excluding hydrogens is 533 g/mol. The van der Waals surface area contributed by atoms with Gasteiger partial charge in [-0.2, -0.15) is 13.2 Å². The van der Waals surface area contributed by atoms with Crippen LogP contribution < -0.4 is 14.4 Å². The zero-order valence-electron chi connectivity index (χ0n) is 23.1. The van der Waals surface area contributed by atoms with Gasteiger partial charge in [-0.1, -0.05) is 48.2 Å². The third-order valence-electron chi connectivity index (χ3n) is 7.40. The van der Waals surface area contributed by atoms with Gasteiger partial charge < -0.3 is 14.2 Å². The largest absolute Gasteiger partial charge is 0.497 e. The molecule has 2 amide bonds. The highest BCUT2D eigenvalue weighted by Crippen LogP contribution is 2.50. The zero-order valence-corrected chi connectivity index (χ0v) is 23.1. The molecule has 0 spiro atoms. The molecule has 2 aliphatic rings. The van der Waals surface area contributed by atoms with Gasteiger partial charge in [-0.25, -0.2) is 4.79 Å². The summed E-state index contributed by atoms with van der Waals surface area (Å²) < 4.78 is 61.2. The van der Waals surface area contributed by atoms with Crippen molar-refractivity contribution in [3.63, 3.8) is 0 Å². The van der Waals surface area contributed by atoms with Gasteiger partial charge in [-0.15, -0.1) is 0 Å². The Hall–Kier alpha value is -4.16. The van der Waals surface area contributed by atoms with Crippen LogP contribution in [0, 0.1) is 17.8 Å². The number of benzene rings is 3. The summed E-state index contributed by atoms with van der Waals surface area (Å²) in [4.78, 5) is 15.8. The van der Waals surface area contributed by atoms with Crippen LogP contribution >= 0.6 is 0 Å². The van der Waals surface area contributed by atoms with E-state index >= 15 is 0 Å². The van der Waals surface area contributed by atoms with Crippen molar-refractivity contribution in [1.29, 1.82) is 0 Å². The molecule has 0 radical (unpaired) electrons. The average Bonchev–Trinajstić information content (AvgIpc) is 3.80. The first kappa shape index (κ1) is 28.4. The minimum Gasteiger partial charge on any atom is -0.497 e. The molecule has 41 heavy (non-hydrogen) atoms. The van der Waals surface area contributed by atoms with E-state index in [1.807, 2.05) is 24.3 Å². The molecule has 6 nitrogen and oxygen atoms in total. The number of fused-ring (bicyclic) bond motifs is 1. The Morgan fingerprint density at radius 2 is 1.44 bits per heavy atom. The summed E-state index contributed by atoms with van der Waals surface area (Å²) in [5.74, 6) is 6.59. The quantitative estimate of drug-likeness (QED) is 0.287. The number of amides is 2. The molecule has 1 aliphatic heterocycles. The number of carbonyl (C=O) groups is 1. The topological polar surface area (TPSA) is 51.2 Å². The number of carbonyl (C=O) groups excluding carboxylic acids is 1. The van der Waals surface area contributed by atoms with Gasteiger partial charge in [0, 0.05) is 18.5 Å². The number of urea groups is 1. The Bertz CT molecular complexity index is 1460. The minimum absolute atomic E-state index is 0.0698. The van der Waals surface area contributed by atoms with Gasteiger partial charge in [0.15, 0.2) is 0 Å². The first-order valence-corrected chi connectivity index (χ1v) is 13.3. The number of nitrogens with zero attached hydrogens (tertiary/aromatic N) is 2. The van der Waals surface area contributed by atoms with Crippen LogP contribution in [0.15, 0.2) is 66.7 Å². The lowest BCUT2D eigenvalue weighted by molar-refractivity contribution is -0.204. The lowest BCUT2D eigenvalue weighted by Gasteiger charge is -2.47. The number of ether oxygens (including phenoxy) is 3. The molecule has 5 rings (SSSR count). The molecule has 214 valence electrons. The molecule has 1 fully saturated rings. The fraction of sp³-hybridized carbons (Fsp3) is 0.344. The second-order valence-corrected chi connectivity index (χ2v) is 10.2. The molecule has 1 heterocycles. The van der Waals surface area contributed by atoms with Gasteiger partial charge in [-0.3, -0.25) is 9.80 Å². The van der Waals surface area contributed by atoms with Crippen molar-refractivity contribution in [2.45, 2.75) is 44.3 Å². The number of alkyl halides is 3. The van der Waals surface area contributed by atoms with Crippen molar-refractivity contribution in [1.82, 2.24) is 4.90 Å². The maximum absolute atomic E-state index is 15.0. The van der Waals surface area contributed by atoms with Crippen molar-refractivity contribution in [3.05, 3.63) is 89.0 Å². The van der Waals surface area contributed by atoms with E-state index < -0.39 is 17.7 Å². The molecule has 0 aromatic heterocycles. The summed E-state index contributed by atoms with van der Waals surface area (Å²) >= 11 is 0. The summed E-state index contributed by atoms with van der Waals surface area (Å²) in [5, 5.41) is 0. The Labute approximate surface area is 237 Å². The molecule has 0 saturated heterocycles. The van der Waals surface area contributed by atoms with Crippen molar-refractivity contribution in [2.75, 3.05) is 26.2 Å². The fourth-order valence-electron chi connectivity index (χ4n) is 4.88. The first-order chi connectivity index (χ1) is 19.7. The monoisotopic (exact) mass is 564 g/mol. The van der Waals surface area contributed by atoms with Crippen LogP contribution in [0.5, 0.6) is 11.5 Å². The molecule has 0 unspecified atom stereocenters. The fourth-order valence-corrected chi connectivity index (χ4v) is 4.88. The van der Waals surface area contributed by atoms with Crippen LogP contribution in [-0.2, 0) is 30.0 Å². The van der Waals surface area contributed by atoms with Gasteiger partial charge in [-0.05, 0) is 59.9 Å². The smallest absolute Gasteiger partial charge is 0.427 e. The number of rotatable bonds is 8. The lowest BCUT2D eigenvalue weighted by atomic mass is 9.83. The standard InChI is InChI=1S/C32H31F3N2O4/c1-36-30(38)37(19-23-6-11-26(39-2)12-7-23)29-18-25(21-41-20-24-8-13-27(40-3)14-9-24)10-15-28(29)31(36,32(33,34)35)17-16-22-4-5-22/h6-15,18,22H,4-5,19-21H2,1-3H3/t31-/m0/s1. The van der Waals surface area contributed by atoms with Gasteiger partial charge in [0.2, 0.25) is 5.54 Å². The van der Waals surface area contributed by atoms with E-state index in [4.69, 9.17) is 14.2 Å². The molecule has 9 heteroatoms. The number of halogens is 3. The Morgan fingerprint density at radius 3 is 2.00 bits per heavy atom. The average molecular weight is 565 g/mol. The van der Waals surface area contributed by atoms with Crippen molar-refractivity contribution in [3.8, 4) is 23.3 Å². The van der Waals surface area contributed by atoms with Crippen LogP contribution in [-0.4, -0.2) is 38.4 Å². The van der Waals surface area contributed by atoms with Crippen LogP contribution in [0.25, 0.3) is 0 Å². The van der Waals surface area contributed by atoms with Crippen LogP contribution in [0.4, 0.5) is 23.7 Å². The second-order valence-electron chi connectivity index (χ2n) is 10.2.